The van der Waals surface area contributed by atoms with Crippen molar-refractivity contribution in [1.29, 1.82) is 0 Å². The van der Waals surface area contributed by atoms with Gasteiger partial charge in [0.05, 0.1) is 5.69 Å². The molecule has 114 valence electrons. The fourth-order valence-electron chi connectivity index (χ4n) is 2.46. The number of nitrogens with one attached hydrogen (secondary N) is 1. The highest BCUT2D eigenvalue weighted by atomic mass is 19.1. The zero-order valence-electron chi connectivity index (χ0n) is 13.0. The average molecular weight is 289 g/mol. The second kappa shape index (κ2) is 7.36. The molecule has 3 nitrogen and oxygen atoms in total. The van der Waals surface area contributed by atoms with Gasteiger partial charge in [0.15, 0.2) is 0 Å². The summed E-state index contributed by atoms with van der Waals surface area (Å²) in [7, 11) is 1.94. The Morgan fingerprint density at radius 1 is 1.24 bits per heavy atom. The first-order valence-electron chi connectivity index (χ1n) is 7.58. The first-order chi connectivity index (χ1) is 10.1. The molecule has 0 radical (unpaired) electrons. The predicted molar refractivity (Wildman–Crippen MR) is 84.0 cm³/mol. The highest BCUT2D eigenvalue weighted by Crippen LogP contribution is 2.21. The second-order valence-corrected chi connectivity index (χ2v) is 5.55. The summed E-state index contributed by atoms with van der Waals surface area (Å²) >= 11 is 0. The zero-order chi connectivity index (χ0) is 15.2. The smallest absolute Gasteiger partial charge is 0.123 e. The van der Waals surface area contributed by atoms with Gasteiger partial charge in [-0.05, 0) is 50.6 Å². The molecule has 0 amide bonds. The number of nitrogens with zero attached hydrogens (tertiary/aromatic N) is 2. The standard InChI is InChI=1S/C17H24FN3/c1-4-13(2)21-10-9-17(20-21)11-15(12-19-3)14-5-7-16(18)8-6-14/h5-10,13,15,19H,4,11-12H2,1-3H3. The summed E-state index contributed by atoms with van der Waals surface area (Å²) in [4.78, 5) is 0. The van der Waals surface area contributed by atoms with E-state index in [2.05, 4.69) is 30.3 Å². The van der Waals surface area contributed by atoms with E-state index in [4.69, 9.17) is 0 Å². The van der Waals surface area contributed by atoms with Gasteiger partial charge in [0.25, 0.3) is 0 Å². The van der Waals surface area contributed by atoms with Crippen molar-refractivity contribution < 1.29 is 4.39 Å². The van der Waals surface area contributed by atoms with Crippen molar-refractivity contribution >= 4 is 0 Å². The van der Waals surface area contributed by atoms with E-state index in [1.807, 2.05) is 30.1 Å². The van der Waals surface area contributed by atoms with Crippen LogP contribution in [0.1, 0.15) is 43.5 Å². The molecule has 2 aromatic rings. The summed E-state index contributed by atoms with van der Waals surface area (Å²) in [6.45, 7) is 5.18. The lowest BCUT2D eigenvalue weighted by Gasteiger charge is -2.16. The van der Waals surface area contributed by atoms with Crippen molar-refractivity contribution in [3.63, 3.8) is 0 Å². The maximum Gasteiger partial charge on any atom is 0.123 e. The monoisotopic (exact) mass is 289 g/mol. The molecule has 1 aromatic heterocycles. The van der Waals surface area contributed by atoms with Crippen LogP contribution in [0.4, 0.5) is 4.39 Å². The Morgan fingerprint density at radius 3 is 2.57 bits per heavy atom. The van der Waals surface area contributed by atoms with Crippen molar-refractivity contribution in [2.24, 2.45) is 0 Å². The van der Waals surface area contributed by atoms with E-state index in [-0.39, 0.29) is 5.82 Å². The summed E-state index contributed by atoms with van der Waals surface area (Å²) in [5.41, 5.74) is 2.23. The van der Waals surface area contributed by atoms with Gasteiger partial charge in [0.1, 0.15) is 5.82 Å². The van der Waals surface area contributed by atoms with Crippen LogP contribution in [0.15, 0.2) is 36.5 Å². The van der Waals surface area contributed by atoms with Crippen molar-refractivity contribution in [3.8, 4) is 0 Å². The molecule has 4 heteroatoms. The first kappa shape index (κ1) is 15.7. The van der Waals surface area contributed by atoms with Gasteiger partial charge in [0, 0.05) is 24.7 Å². The van der Waals surface area contributed by atoms with Gasteiger partial charge in [-0.3, -0.25) is 4.68 Å². The largest absolute Gasteiger partial charge is 0.319 e. The highest BCUT2D eigenvalue weighted by molar-refractivity contribution is 5.22. The van der Waals surface area contributed by atoms with E-state index in [0.717, 1.165) is 30.6 Å². The Morgan fingerprint density at radius 2 is 1.95 bits per heavy atom. The van der Waals surface area contributed by atoms with Gasteiger partial charge < -0.3 is 5.32 Å². The molecule has 1 heterocycles. The molecule has 2 unspecified atom stereocenters. The predicted octanol–water partition coefficient (Wildman–Crippen LogP) is 3.54. The van der Waals surface area contributed by atoms with Crippen LogP contribution < -0.4 is 5.32 Å². The van der Waals surface area contributed by atoms with E-state index in [0.29, 0.717) is 12.0 Å². The molecule has 0 aliphatic carbocycles. The molecule has 0 bridgehead atoms. The van der Waals surface area contributed by atoms with Gasteiger partial charge in [-0.25, -0.2) is 4.39 Å². The third kappa shape index (κ3) is 4.14. The molecule has 1 aromatic carbocycles. The summed E-state index contributed by atoms with van der Waals surface area (Å²) < 4.78 is 15.1. The third-order valence-electron chi connectivity index (χ3n) is 3.95. The van der Waals surface area contributed by atoms with Crippen molar-refractivity contribution in [2.45, 2.75) is 38.6 Å². The van der Waals surface area contributed by atoms with Crippen molar-refractivity contribution in [2.75, 3.05) is 13.6 Å². The maximum absolute atomic E-state index is 13.1. The Labute approximate surface area is 126 Å². The molecule has 2 rings (SSSR count). The second-order valence-electron chi connectivity index (χ2n) is 5.55. The molecule has 0 spiro atoms. The molecular formula is C17H24FN3. The van der Waals surface area contributed by atoms with Crippen LogP contribution in [-0.4, -0.2) is 23.4 Å². The minimum Gasteiger partial charge on any atom is -0.319 e. The van der Waals surface area contributed by atoms with Crippen LogP contribution >= 0.6 is 0 Å². The fourth-order valence-corrected chi connectivity index (χ4v) is 2.46. The number of halogens is 1. The molecule has 0 aliphatic rings. The quantitative estimate of drug-likeness (QED) is 0.845. The molecule has 0 fully saturated rings. The lowest BCUT2D eigenvalue weighted by molar-refractivity contribution is 0.471. The van der Waals surface area contributed by atoms with E-state index in [9.17, 15) is 4.39 Å². The molecule has 0 saturated carbocycles. The Balaban J connectivity index is 2.12. The molecule has 0 aliphatic heterocycles. The first-order valence-corrected chi connectivity index (χ1v) is 7.58. The van der Waals surface area contributed by atoms with Crippen molar-refractivity contribution in [3.05, 3.63) is 53.6 Å². The van der Waals surface area contributed by atoms with E-state index >= 15 is 0 Å². The minimum atomic E-state index is -0.192. The van der Waals surface area contributed by atoms with Crippen molar-refractivity contribution in [1.82, 2.24) is 15.1 Å². The topological polar surface area (TPSA) is 29.9 Å². The minimum absolute atomic E-state index is 0.192. The van der Waals surface area contributed by atoms with E-state index in [1.165, 1.54) is 12.1 Å². The van der Waals surface area contributed by atoms with Crippen LogP contribution in [0.25, 0.3) is 0 Å². The van der Waals surface area contributed by atoms with Crippen LogP contribution in [0, 0.1) is 5.82 Å². The summed E-state index contributed by atoms with van der Waals surface area (Å²) in [6.07, 6.45) is 3.97. The molecule has 21 heavy (non-hydrogen) atoms. The highest BCUT2D eigenvalue weighted by Gasteiger charge is 2.14. The van der Waals surface area contributed by atoms with Crippen LogP contribution in [0.3, 0.4) is 0 Å². The molecular weight excluding hydrogens is 265 g/mol. The van der Waals surface area contributed by atoms with E-state index < -0.39 is 0 Å². The summed E-state index contributed by atoms with van der Waals surface area (Å²) in [5, 5.41) is 7.87. The van der Waals surface area contributed by atoms with Gasteiger partial charge >= 0.3 is 0 Å². The average Bonchev–Trinajstić information content (AvgIpc) is 2.95. The fraction of sp³-hybridized carbons (Fsp3) is 0.471. The number of rotatable bonds is 7. The number of likely N-dealkylation sites (N-methyl/N-ethyl adjacent to an activating group) is 1. The van der Waals surface area contributed by atoms with E-state index in [1.54, 1.807) is 0 Å². The van der Waals surface area contributed by atoms with Gasteiger partial charge in [-0.15, -0.1) is 0 Å². The lowest BCUT2D eigenvalue weighted by Crippen LogP contribution is -2.19. The molecule has 1 N–H and O–H groups in total. The van der Waals surface area contributed by atoms with Crippen LogP contribution in [-0.2, 0) is 6.42 Å². The van der Waals surface area contributed by atoms with Gasteiger partial charge in [-0.1, -0.05) is 19.1 Å². The summed E-state index contributed by atoms with van der Waals surface area (Å²) in [5.74, 6) is 0.110. The SMILES string of the molecule is CCC(C)n1ccc(CC(CNC)c2ccc(F)cc2)n1. The number of hydrogen-bond acceptors (Lipinski definition) is 2. The van der Waals surface area contributed by atoms with Crippen LogP contribution in [0.2, 0.25) is 0 Å². The summed E-state index contributed by atoms with van der Waals surface area (Å²) in [6, 6.07) is 9.28. The number of aromatic nitrogens is 2. The van der Waals surface area contributed by atoms with Gasteiger partial charge in [-0.2, -0.15) is 5.10 Å². The van der Waals surface area contributed by atoms with Crippen LogP contribution in [0.5, 0.6) is 0 Å². The normalized spacial score (nSPS) is 14.1. The number of benzene rings is 1. The molecule has 2 atom stereocenters. The maximum atomic E-state index is 13.1. The van der Waals surface area contributed by atoms with Gasteiger partial charge in [0.2, 0.25) is 0 Å². The number of hydrogen-bond donors (Lipinski definition) is 1. The Hall–Kier alpha value is -1.68. The Kier molecular flexibility index (Phi) is 5.51. The lowest BCUT2D eigenvalue weighted by atomic mass is 9.94. The molecule has 0 saturated heterocycles. The third-order valence-corrected chi connectivity index (χ3v) is 3.95. The zero-order valence-corrected chi connectivity index (χ0v) is 13.0. The Bertz CT molecular complexity index is 547.